The van der Waals surface area contributed by atoms with E-state index in [1.165, 1.54) is 0 Å². The molecular weight excluding hydrogens is 262 g/mol. The van der Waals surface area contributed by atoms with E-state index in [1.807, 2.05) is 37.5 Å². The third-order valence-electron chi connectivity index (χ3n) is 3.66. The fourth-order valence-electron chi connectivity index (χ4n) is 2.39. The Hall–Kier alpha value is -1.81. The van der Waals surface area contributed by atoms with Gasteiger partial charge in [-0.3, -0.25) is 0 Å². The van der Waals surface area contributed by atoms with Gasteiger partial charge in [-0.05, 0) is 32.4 Å². The molecule has 0 aliphatic carbocycles. The van der Waals surface area contributed by atoms with Gasteiger partial charge in [-0.15, -0.1) is 0 Å². The van der Waals surface area contributed by atoms with Gasteiger partial charge in [0.1, 0.15) is 5.82 Å². The summed E-state index contributed by atoms with van der Waals surface area (Å²) in [5.74, 6) is 1.03. The predicted octanol–water partition coefficient (Wildman–Crippen LogP) is 3.24. The number of hydrogen-bond acceptors (Lipinski definition) is 3. The van der Waals surface area contributed by atoms with E-state index in [0.29, 0.717) is 19.1 Å². The first-order valence-corrected chi connectivity index (χ1v) is 7.61. The maximum absolute atomic E-state index is 10.0. The summed E-state index contributed by atoms with van der Waals surface area (Å²) in [7, 11) is 0. The van der Waals surface area contributed by atoms with Gasteiger partial charge >= 0.3 is 0 Å². The predicted molar refractivity (Wildman–Crippen MR) is 86.4 cm³/mol. The van der Waals surface area contributed by atoms with E-state index >= 15 is 0 Å². The number of imidazole rings is 1. The Morgan fingerprint density at radius 3 is 2.57 bits per heavy atom. The lowest BCUT2D eigenvalue weighted by atomic mass is 10.2. The van der Waals surface area contributed by atoms with E-state index in [1.54, 1.807) is 0 Å². The van der Waals surface area contributed by atoms with Gasteiger partial charge < -0.3 is 14.6 Å². The number of aromatic nitrogens is 2. The average Bonchev–Trinajstić information content (AvgIpc) is 2.95. The Morgan fingerprint density at radius 1 is 1.24 bits per heavy atom. The first-order chi connectivity index (χ1) is 10.1. The van der Waals surface area contributed by atoms with E-state index < -0.39 is 0 Å². The lowest BCUT2D eigenvalue weighted by Crippen LogP contribution is -2.32. The van der Waals surface area contributed by atoms with Crippen LogP contribution in [0.1, 0.15) is 39.1 Å². The van der Waals surface area contributed by atoms with Crippen LogP contribution in [0, 0.1) is 0 Å². The lowest BCUT2D eigenvalue weighted by molar-refractivity contribution is 0.175. The Balaban J connectivity index is 2.21. The maximum Gasteiger partial charge on any atom is 0.128 e. The van der Waals surface area contributed by atoms with Crippen molar-refractivity contribution in [1.82, 2.24) is 9.55 Å². The normalized spacial score (nSPS) is 12.6. The second-order valence-corrected chi connectivity index (χ2v) is 5.62. The SMILES string of the molecule is CCC(O)CN(Cc1nccn1C(C)C)c1ccccc1. The molecule has 0 radical (unpaired) electrons. The fourth-order valence-corrected chi connectivity index (χ4v) is 2.39. The first-order valence-electron chi connectivity index (χ1n) is 7.61. The molecule has 1 unspecified atom stereocenters. The van der Waals surface area contributed by atoms with Crippen LogP contribution in [-0.4, -0.2) is 27.3 Å². The summed E-state index contributed by atoms with van der Waals surface area (Å²) >= 11 is 0. The van der Waals surface area contributed by atoms with Crippen molar-refractivity contribution in [3.63, 3.8) is 0 Å². The largest absolute Gasteiger partial charge is 0.391 e. The zero-order chi connectivity index (χ0) is 15.2. The molecule has 4 nitrogen and oxygen atoms in total. The zero-order valence-electron chi connectivity index (χ0n) is 13.1. The van der Waals surface area contributed by atoms with Gasteiger partial charge in [-0.25, -0.2) is 4.98 Å². The smallest absolute Gasteiger partial charge is 0.128 e. The molecule has 4 heteroatoms. The number of rotatable bonds is 7. The highest BCUT2D eigenvalue weighted by molar-refractivity contribution is 5.46. The molecule has 2 aromatic rings. The van der Waals surface area contributed by atoms with E-state index in [4.69, 9.17) is 0 Å². The Labute approximate surface area is 127 Å². The number of para-hydroxylation sites is 1. The standard InChI is InChI=1S/C17H25N3O/c1-4-16(21)12-19(15-8-6-5-7-9-15)13-17-18-10-11-20(17)14(2)3/h5-11,14,16,21H,4,12-13H2,1-3H3. The fraction of sp³-hybridized carbons (Fsp3) is 0.471. The molecule has 1 N–H and O–H groups in total. The van der Waals surface area contributed by atoms with Crippen LogP contribution in [-0.2, 0) is 6.54 Å². The number of aliphatic hydroxyl groups is 1. The molecule has 0 fully saturated rings. The second kappa shape index (κ2) is 7.27. The number of hydrogen-bond donors (Lipinski definition) is 1. The van der Waals surface area contributed by atoms with Crippen LogP contribution in [0.2, 0.25) is 0 Å². The van der Waals surface area contributed by atoms with Crippen LogP contribution >= 0.6 is 0 Å². The molecule has 0 aliphatic heterocycles. The molecule has 114 valence electrons. The number of aliphatic hydroxyl groups excluding tert-OH is 1. The van der Waals surface area contributed by atoms with Gasteiger partial charge in [-0.1, -0.05) is 25.1 Å². The highest BCUT2D eigenvalue weighted by atomic mass is 16.3. The molecular formula is C17H25N3O. The molecule has 0 aliphatic rings. The summed E-state index contributed by atoms with van der Waals surface area (Å²) in [6.45, 7) is 7.62. The van der Waals surface area contributed by atoms with Crippen molar-refractivity contribution in [3.8, 4) is 0 Å². The van der Waals surface area contributed by atoms with Crippen molar-refractivity contribution >= 4 is 5.69 Å². The molecule has 1 atom stereocenters. The minimum absolute atomic E-state index is 0.326. The highest BCUT2D eigenvalue weighted by Gasteiger charge is 2.15. The summed E-state index contributed by atoms with van der Waals surface area (Å²) in [6, 6.07) is 10.6. The molecule has 21 heavy (non-hydrogen) atoms. The van der Waals surface area contributed by atoms with Gasteiger partial charge in [0.05, 0.1) is 12.6 Å². The minimum atomic E-state index is -0.326. The molecule has 1 aromatic carbocycles. The van der Waals surface area contributed by atoms with Crippen LogP contribution in [0.4, 0.5) is 5.69 Å². The van der Waals surface area contributed by atoms with Crippen molar-refractivity contribution in [2.45, 2.75) is 45.9 Å². The van der Waals surface area contributed by atoms with E-state index in [9.17, 15) is 5.11 Å². The van der Waals surface area contributed by atoms with Gasteiger partial charge in [0.15, 0.2) is 0 Å². The van der Waals surface area contributed by atoms with Crippen LogP contribution in [0.25, 0.3) is 0 Å². The monoisotopic (exact) mass is 287 g/mol. The minimum Gasteiger partial charge on any atom is -0.391 e. The van der Waals surface area contributed by atoms with E-state index in [0.717, 1.165) is 17.9 Å². The molecule has 2 rings (SSSR count). The summed E-state index contributed by atoms with van der Waals surface area (Å²) in [4.78, 5) is 6.67. The average molecular weight is 287 g/mol. The molecule has 0 spiro atoms. The summed E-state index contributed by atoms with van der Waals surface area (Å²) < 4.78 is 2.17. The van der Waals surface area contributed by atoms with Crippen molar-refractivity contribution < 1.29 is 5.11 Å². The molecule has 1 aromatic heterocycles. The topological polar surface area (TPSA) is 41.3 Å². The van der Waals surface area contributed by atoms with Crippen molar-refractivity contribution in [3.05, 3.63) is 48.5 Å². The highest BCUT2D eigenvalue weighted by Crippen LogP contribution is 2.18. The van der Waals surface area contributed by atoms with Gasteiger partial charge in [0.25, 0.3) is 0 Å². The summed E-state index contributed by atoms with van der Waals surface area (Å²) in [6.07, 6.45) is 4.28. The second-order valence-electron chi connectivity index (χ2n) is 5.62. The molecule has 0 amide bonds. The molecule has 0 bridgehead atoms. The van der Waals surface area contributed by atoms with Crippen LogP contribution in [0.3, 0.4) is 0 Å². The van der Waals surface area contributed by atoms with Crippen LogP contribution in [0.5, 0.6) is 0 Å². The van der Waals surface area contributed by atoms with Crippen LogP contribution < -0.4 is 4.90 Å². The van der Waals surface area contributed by atoms with Gasteiger partial charge in [0.2, 0.25) is 0 Å². The quantitative estimate of drug-likeness (QED) is 0.850. The molecule has 0 saturated carbocycles. The first kappa shape index (κ1) is 15.6. The Bertz CT molecular complexity index is 536. The maximum atomic E-state index is 10.0. The number of anilines is 1. The molecule has 0 saturated heterocycles. The van der Waals surface area contributed by atoms with E-state index in [-0.39, 0.29) is 6.10 Å². The third kappa shape index (κ3) is 4.08. The van der Waals surface area contributed by atoms with Gasteiger partial charge in [-0.2, -0.15) is 0 Å². The zero-order valence-corrected chi connectivity index (χ0v) is 13.1. The van der Waals surface area contributed by atoms with Crippen molar-refractivity contribution in [2.75, 3.05) is 11.4 Å². The van der Waals surface area contributed by atoms with Crippen LogP contribution in [0.15, 0.2) is 42.7 Å². The molecule has 1 heterocycles. The number of nitrogens with zero attached hydrogens (tertiary/aromatic N) is 3. The Morgan fingerprint density at radius 2 is 1.95 bits per heavy atom. The summed E-state index contributed by atoms with van der Waals surface area (Å²) in [5, 5.41) is 10.0. The lowest BCUT2D eigenvalue weighted by Gasteiger charge is -2.27. The Kier molecular flexibility index (Phi) is 5.39. The van der Waals surface area contributed by atoms with Crippen molar-refractivity contribution in [1.29, 1.82) is 0 Å². The summed E-state index contributed by atoms with van der Waals surface area (Å²) in [5.41, 5.74) is 1.11. The van der Waals surface area contributed by atoms with Gasteiger partial charge in [0, 0.05) is 30.7 Å². The van der Waals surface area contributed by atoms with E-state index in [2.05, 4.69) is 40.4 Å². The van der Waals surface area contributed by atoms with Crippen molar-refractivity contribution in [2.24, 2.45) is 0 Å². The third-order valence-corrected chi connectivity index (χ3v) is 3.66. The number of benzene rings is 1.